The molecule has 0 aromatic rings. The first kappa shape index (κ1) is 26.8. The highest BCUT2D eigenvalue weighted by atomic mass is 16.5. The molecule has 0 atom stereocenters. The lowest BCUT2D eigenvalue weighted by atomic mass is 9.99. The Morgan fingerprint density at radius 2 is 1.52 bits per heavy atom. The van der Waals surface area contributed by atoms with Crippen LogP contribution in [0.3, 0.4) is 0 Å². The van der Waals surface area contributed by atoms with Crippen LogP contribution in [0.1, 0.15) is 67.2 Å². The molecule has 0 saturated carbocycles. The third-order valence-electron chi connectivity index (χ3n) is 4.39. The van der Waals surface area contributed by atoms with Crippen LogP contribution in [0.2, 0.25) is 0 Å². The molecule has 1 heterocycles. The number of rotatable bonds is 11. The fourth-order valence-corrected chi connectivity index (χ4v) is 2.56. The monoisotopic (exact) mass is 411 g/mol. The Bertz CT molecular complexity index is 593. The second-order valence-corrected chi connectivity index (χ2v) is 7.87. The molecular weight excluding hydrogens is 374 g/mol. The van der Waals surface area contributed by atoms with Crippen molar-refractivity contribution in [3.8, 4) is 0 Å². The molecule has 4 amide bonds. The van der Waals surface area contributed by atoms with Crippen LogP contribution in [0.25, 0.3) is 0 Å². The number of nitrogens with zero attached hydrogens (tertiary/aromatic N) is 1. The third kappa shape index (κ3) is 10.8. The van der Waals surface area contributed by atoms with Crippen LogP contribution in [0.15, 0.2) is 12.2 Å². The van der Waals surface area contributed by atoms with Crippen LogP contribution in [-0.2, 0) is 23.9 Å². The Balaban J connectivity index is 0.00000379. The van der Waals surface area contributed by atoms with Gasteiger partial charge in [-0.15, -0.1) is 0 Å². The molecule has 1 aliphatic rings. The van der Waals surface area contributed by atoms with E-state index in [1.54, 1.807) is 7.05 Å². The second kappa shape index (κ2) is 12.4. The molecule has 29 heavy (non-hydrogen) atoms. The fraction of sp³-hybridized carbons (Fsp3) is 0.714. The topological polar surface area (TPSA) is 105 Å². The molecule has 0 bridgehead atoms. The van der Waals surface area contributed by atoms with Gasteiger partial charge in [-0.1, -0.05) is 13.8 Å². The number of hydrogen-bond donors (Lipinski definition) is 2. The fourth-order valence-electron chi connectivity index (χ4n) is 2.56. The van der Waals surface area contributed by atoms with Gasteiger partial charge in [0.25, 0.3) is 11.8 Å². The SMILES string of the molecule is CC.CNC(=O)CCC(C)(C)OCCC(C)(C)NC(=O)CCN1C(=O)C=CC1=O. The smallest absolute Gasteiger partial charge is 0.253 e. The van der Waals surface area contributed by atoms with E-state index in [9.17, 15) is 19.2 Å². The molecule has 0 fully saturated rings. The van der Waals surface area contributed by atoms with E-state index in [0.717, 1.165) is 4.90 Å². The Labute approximate surface area is 174 Å². The molecule has 0 unspecified atom stereocenters. The molecule has 0 radical (unpaired) electrons. The number of nitrogens with one attached hydrogen (secondary N) is 2. The maximum absolute atomic E-state index is 12.1. The van der Waals surface area contributed by atoms with Crippen LogP contribution < -0.4 is 10.6 Å². The van der Waals surface area contributed by atoms with Crippen LogP contribution in [0, 0.1) is 0 Å². The summed E-state index contributed by atoms with van der Waals surface area (Å²) in [5.74, 6) is -1.03. The maximum Gasteiger partial charge on any atom is 0.253 e. The molecule has 0 spiro atoms. The minimum absolute atomic E-state index is 0.0237. The van der Waals surface area contributed by atoms with Crippen LogP contribution >= 0.6 is 0 Å². The van der Waals surface area contributed by atoms with Gasteiger partial charge in [-0.25, -0.2) is 0 Å². The van der Waals surface area contributed by atoms with E-state index in [-0.39, 0.29) is 36.6 Å². The van der Waals surface area contributed by atoms with Crippen molar-refractivity contribution >= 4 is 23.6 Å². The molecule has 166 valence electrons. The van der Waals surface area contributed by atoms with Crippen molar-refractivity contribution in [3.05, 3.63) is 12.2 Å². The summed E-state index contributed by atoms with van der Waals surface area (Å²) >= 11 is 0. The van der Waals surface area contributed by atoms with Gasteiger partial charge < -0.3 is 15.4 Å². The lowest BCUT2D eigenvalue weighted by Gasteiger charge is -2.30. The van der Waals surface area contributed by atoms with E-state index < -0.39 is 11.1 Å². The summed E-state index contributed by atoms with van der Waals surface area (Å²) in [7, 11) is 1.60. The summed E-state index contributed by atoms with van der Waals surface area (Å²) < 4.78 is 5.87. The van der Waals surface area contributed by atoms with Crippen molar-refractivity contribution in [3.63, 3.8) is 0 Å². The molecule has 2 N–H and O–H groups in total. The van der Waals surface area contributed by atoms with Gasteiger partial charge in [-0.3, -0.25) is 24.1 Å². The number of carbonyl (C=O) groups excluding carboxylic acids is 4. The standard InChI is InChI=1S/C19H31N3O5.C2H6/c1-18(2,11-13-27-19(3,4)10-8-14(23)20-5)21-15(24)9-12-22-16(25)6-7-17(22)26;1-2/h6-7H,8-13H2,1-5H3,(H,20,23)(H,21,24);1-2H3. The van der Waals surface area contributed by atoms with E-state index in [1.165, 1.54) is 12.2 Å². The van der Waals surface area contributed by atoms with E-state index in [0.29, 0.717) is 25.9 Å². The average molecular weight is 412 g/mol. The van der Waals surface area contributed by atoms with Gasteiger partial charge in [-0.2, -0.15) is 0 Å². The highest BCUT2D eigenvalue weighted by molar-refractivity contribution is 6.13. The molecule has 0 aliphatic carbocycles. The first-order valence-corrected chi connectivity index (χ1v) is 10.1. The van der Waals surface area contributed by atoms with Gasteiger partial charge in [0.15, 0.2) is 0 Å². The second-order valence-electron chi connectivity index (χ2n) is 7.87. The van der Waals surface area contributed by atoms with E-state index in [2.05, 4.69) is 10.6 Å². The zero-order chi connectivity index (χ0) is 22.7. The van der Waals surface area contributed by atoms with Gasteiger partial charge in [0.1, 0.15) is 0 Å². The third-order valence-corrected chi connectivity index (χ3v) is 4.39. The highest BCUT2D eigenvalue weighted by Crippen LogP contribution is 2.19. The zero-order valence-electron chi connectivity index (χ0n) is 18.9. The van der Waals surface area contributed by atoms with Crippen molar-refractivity contribution in [1.29, 1.82) is 0 Å². The summed E-state index contributed by atoms with van der Waals surface area (Å²) in [4.78, 5) is 47.5. The van der Waals surface area contributed by atoms with Crippen molar-refractivity contribution in [2.45, 2.75) is 78.4 Å². The molecule has 0 aromatic heterocycles. The average Bonchev–Trinajstić information content (AvgIpc) is 2.96. The van der Waals surface area contributed by atoms with Gasteiger partial charge in [-0.05, 0) is 40.5 Å². The largest absolute Gasteiger partial charge is 0.375 e. The van der Waals surface area contributed by atoms with Crippen molar-refractivity contribution < 1.29 is 23.9 Å². The summed E-state index contributed by atoms with van der Waals surface area (Å²) in [6, 6.07) is 0. The molecule has 8 nitrogen and oxygen atoms in total. The van der Waals surface area contributed by atoms with E-state index >= 15 is 0 Å². The summed E-state index contributed by atoms with van der Waals surface area (Å²) in [5, 5.41) is 5.49. The lowest BCUT2D eigenvalue weighted by molar-refractivity contribution is -0.137. The summed E-state index contributed by atoms with van der Waals surface area (Å²) in [5.41, 5.74) is -0.929. The zero-order valence-corrected chi connectivity index (χ0v) is 18.9. The first-order valence-electron chi connectivity index (χ1n) is 10.1. The molecule has 8 heteroatoms. The normalized spacial score (nSPS) is 13.8. The maximum atomic E-state index is 12.1. The molecule has 0 aromatic carbocycles. The molecule has 1 rings (SSSR count). The quantitative estimate of drug-likeness (QED) is 0.506. The van der Waals surface area contributed by atoms with Gasteiger partial charge in [0.05, 0.1) is 5.60 Å². The van der Waals surface area contributed by atoms with Gasteiger partial charge in [0, 0.05) is 50.7 Å². The van der Waals surface area contributed by atoms with Crippen LogP contribution in [-0.4, -0.2) is 59.9 Å². The Kier molecular flexibility index (Phi) is 11.4. The molecule has 0 saturated heterocycles. The Morgan fingerprint density at radius 1 is 0.966 bits per heavy atom. The number of carbonyl (C=O) groups is 4. The minimum Gasteiger partial charge on any atom is -0.375 e. The minimum atomic E-state index is -0.495. The first-order chi connectivity index (χ1) is 13.5. The summed E-state index contributed by atoms with van der Waals surface area (Å²) in [6.07, 6.45) is 4.05. The lowest BCUT2D eigenvalue weighted by Crippen LogP contribution is -2.46. The molecular formula is C21H37N3O5. The van der Waals surface area contributed by atoms with E-state index in [4.69, 9.17) is 4.74 Å². The number of ether oxygens (including phenoxy) is 1. The van der Waals surface area contributed by atoms with E-state index in [1.807, 2.05) is 41.5 Å². The number of imide groups is 1. The van der Waals surface area contributed by atoms with Gasteiger partial charge >= 0.3 is 0 Å². The van der Waals surface area contributed by atoms with Crippen molar-refractivity contribution in [2.75, 3.05) is 20.2 Å². The Morgan fingerprint density at radius 3 is 2.03 bits per heavy atom. The van der Waals surface area contributed by atoms with Crippen molar-refractivity contribution in [1.82, 2.24) is 15.5 Å². The summed E-state index contributed by atoms with van der Waals surface area (Å²) in [6.45, 7) is 12.1. The Hall–Kier alpha value is -2.22. The number of amides is 4. The predicted molar refractivity (Wildman–Crippen MR) is 112 cm³/mol. The van der Waals surface area contributed by atoms with Gasteiger partial charge in [0.2, 0.25) is 11.8 Å². The highest BCUT2D eigenvalue weighted by Gasteiger charge is 2.26. The number of hydrogen-bond acceptors (Lipinski definition) is 5. The predicted octanol–water partition coefficient (Wildman–Crippen LogP) is 1.93. The van der Waals surface area contributed by atoms with Crippen LogP contribution in [0.5, 0.6) is 0 Å². The van der Waals surface area contributed by atoms with Crippen LogP contribution in [0.4, 0.5) is 0 Å². The van der Waals surface area contributed by atoms with Crippen molar-refractivity contribution in [2.24, 2.45) is 0 Å². The molecule has 1 aliphatic heterocycles.